The second-order valence-corrected chi connectivity index (χ2v) is 6.58. The van der Waals surface area contributed by atoms with Crippen LogP contribution in [0.1, 0.15) is 40.1 Å². The maximum Gasteiger partial charge on any atom is 0.258 e. The molecule has 0 saturated heterocycles. The molecule has 3 rings (SSSR count). The Morgan fingerprint density at radius 1 is 1.00 bits per heavy atom. The number of pyridine rings is 1. The molecule has 0 radical (unpaired) electrons. The van der Waals surface area contributed by atoms with E-state index < -0.39 is 0 Å². The first-order chi connectivity index (χ1) is 13.5. The zero-order valence-electron chi connectivity index (χ0n) is 16.3. The van der Waals surface area contributed by atoms with E-state index in [0.29, 0.717) is 23.5 Å². The maximum absolute atomic E-state index is 13.0. The van der Waals surface area contributed by atoms with Gasteiger partial charge in [-0.15, -0.1) is 0 Å². The van der Waals surface area contributed by atoms with Crippen LogP contribution in [0.5, 0.6) is 0 Å². The van der Waals surface area contributed by atoms with Gasteiger partial charge in [-0.25, -0.2) is 4.98 Å². The largest absolute Gasteiger partial charge is 0.340 e. The number of ketones is 1. The molecule has 0 saturated carbocycles. The number of hydrogen-bond donors (Lipinski definition) is 1. The minimum atomic E-state index is -0.0783. The third-order valence-corrected chi connectivity index (χ3v) is 4.45. The van der Waals surface area contributed by atoms with E-state index in [1.807, 2.05) is 50.2 Å². The fraction of sp³-hybridized carbons (Fsp3) is 0.174. The van der Waals surface area contributed by atoms with Crippen LogP contribution >= 0.6 is 0 Å². The van der Waals surface area contributed by atoms with E-state index in [-0.39, 0.29) is 11.7 Å². The van der Waals surface area contributed by atoms with E-state index >= 15 is 0 Å². The number of nitrogens with zero attached hydrogens (tertiary/aromatic N) is 2. The highest BCUT2D eigenvalue weighted by molar-refractivity contribution is 6.06. The summed E-state index contributed by atoms with van der Waals surface area (Å²) < 4.78 is 0. The van der Waals surface area contributed by atoms with Gasteiger partial charge in [-0.05, 0) is 74.9 Å². The first-order valence-electron chi connectivity index (χ1n) is 9.20. The topological polar surface area (TPSA) is 62.3 Å². The van der Waals surface area contributed by atoms with E-state index in [1.165, 1.54) is 6.92 Å². The molecule has 1 N–H and O–H groups in total. The lowest BCUT2D eigenvalue weighted by Gasteiger charge is -2.21. The Hall–Kier alpha value is -3.47. The summed E-state index contributed by atoms with van der Waals surface area (Å²) in [6.07, 6.45) is 1.61. The number of benzene rings is 2. The molecule has 142 valence electrons. The highest BCUT2D eigenvalue weighted by Gasteiger charge is 2.17. The molecule has 0 aliphatic heterocycles. The number of amides is 1. The van der Waals surface area contributed by atoms with Gasteiger partial charge in [0.05, 0.1) is 0 Å². The van der Waals surface area contributed by atoms with Crippen molar-refractivity contribution < 1.29 is 9.59 Å². The lowest BCUT2D eigenvalue weighted by atomic mass is 10.1. The summed E-state index contributed by atoms with van der Waals surface area (Å²) in [5, 5.41) is 3.18. The number of nitrogens with one attached hydrogen (secondary N) is 1. The van der Waals surface area contributed by atoms with Gasteiger partial charge < -0.3 is 10.2 Å². The molecule has 5 nitrogen and oxygen atoms in total. The highest BCUT2D eigenvalue weighted by Crippen LogP contribution is 2.21. The molecule has 1 aromatic heterocycles. The lowest BCUT2D eigenvalue weighted by Crippen LogP contribution is -2.30. The lowest BCUT2D eigenvalue weighted by molar-refractivity contribution is 0.0986. The third kappa shape index (κ3) is 4.43. The van der Waals surface area contributed by atoms with Gasteiger partial charge in [-0.3, -0.25) is 9.59 Å². The summed E-state index contributed by atoms with van der Waals surface area (Å²) in [7, 11) is 0. The van der Waals surface area contributed by atoms with Gasteiger partial charge in [0, 0.05) is 35.2 Å². The van der Waals surface area contributed by atoms with E-state index in [2.05, 4.69) is 10.3 Å². The zero-order chi connectivity index (χ0) is 20.1. The normalized spacial score (nSPS) is 10.4. The van der Waals surface area contributed by atoms with Gasteiger partial charge in [0.15, 0.2) is 5.78 Å². The van der Waals surface area contributed by atoms with Crippen LogP contribution in [-0.4, -0.2) is 23.2 Å². The van der Waals surface area contributed by atoms with Crippen molar-refractivity contribution in [1.82, 2.24) is 4.98 Å². The first kappa shape index (κ1) is 19.3. The van der Waals surface area contributed by atoms with Crippen molar-refractivity contribution in [3.8, 4) is 0 Å². The number of rotatable bonds is 6. The van der Waals surface area contributed by atoms with E-state index in [0.717, 1.165) is 16.9 Å². The van der Waals surface area contributed by atoms with Crippen molar-refractivity contribution in [1.29, 1.82) is 0 Å². The Bertz CT molecular complexity index is 997. The molecule has 0 fully saturated rings. The van der Waals surface area contributed by atoms with Crippen molar-refractivity contribution in [3.63, 3.8) is 0 Å². The van der Waals surface area contributed by atoms with Gasteiger partial charge in [0.1, 0.15) is 5.82 Å². The number of Topliss-reactive ketones (excluding diaryl/α,β-unsaturated/α-hetero) is 1. The highest BCUT2D eigenvalue weighted by atomic mass is 16.2. The molecule has 1 heterocycles. The second-order valence-electron chi connectivity index (χ2n) is 6.58. The number of anilines is 3. The summed E-state index contributed by atoms with van der Waals surface area (Å²) in [6.45, 7) is 6.07. The number of hydrogen-bond acceptors (Lipinski definition) is 4. The molecular formula is C23H23N3O2. The van der Waals surface area contributed by atoms with E-state index in [9.17, 15) is 9.59 Å². The Kier molecular flexibility index (Phi) is 5.84. The molecule has 0 aliphatic carbocycles. The summed E-state index contributed by atoms with van der Waals surface area (Å²) in [5.41, 5.74) is 3.99. The second kappa shape index (κ2) is 8.48. The molecule has 0 aliphatic rings. The van der Waals surface area contributed by atoms with Crippen molar-refractivity contribution in [2.45, 2.75) is 20.8 Å². The van der Waals surface area contributed by atoms with Crippen LogP contribution in [0.4, 0.5) is 17.2 Å². The average molecular weight is 373 g/mol. The van der Waals surface area contributed by atoms with Crippen molar-refractivity contribution in [3.05, 3.63) is 83.6 Å². The van der Waals surface area contributed by atoms with E-state index in [4.69, 9.17) is 0 Å². The monoisotopic (exact) mass is 373 g/mol. The quantitative estimate of drug-likeness (QED) is 0.618. The van der Waals surface area contributed by atoms with E-state index in [1.54, 1.807) is 35.4 Å². The van der Waals surface area contributed by atoms with Crippen LogP contribution in [-0.2, 0) is 0 Å². The Balaban J connectivity index is 1.81. The SMILES string of the molecule is CCN(C(=O)c1ccnc(Nc2ccc(C(C)=O)cc2)c1)c1cccc(C)c1. The first-order valence-corrected chi connectivity index (χ1v) is 9.20. The van der Waals surface area contributed by atoms with Crippen molar-refractivity contribution >= 4 is 28.9 Å². The number of carbonyl (C=O) groups is 2. The van der Waals surface area contributed by atoms with Gasteiger partial charge >= 0.3 is 0 Å². The Morgan fingerprint density at radius 2 is 1.75 bits per heavy atom. The zero-order valence-corrected chi connectivity index (χ0v) is 16.3. The molecule has 5 heteroatoms. The van der Waals surface area contributed by atoms with Gasteiger partial charge in [0.2, 0.25) is 0 Å². The van der Waals surface area contributed by atoms with Crippen molar-refractivity contribution in [2.75, 3.05) is 16.8 Å². The predicted octanol–water partition coefficient (Wildman–Crippen LogP) is 5.00. The number of aromatic nitrogens is 1. The van der Waals surface area contributed by atoms with Crippen LogP contribution in [0, 0.1) is 6.92 Å². The van der Waals surface area contributed by atoms with Crippen LogP contribution in [0.25, 0.3) is 0 Å². The molecule has 2 aromatic carbocycles. The fourth-order valence-corrected chi connectivity index (χ4v) is 2.96. The summed E-state index contributed by atoms with van der Waals surface area (Å²) >= 11 is 0. The molecule has 1 amide bonds. The summed E-state index contributed by atoms with van der Waals surface area (Å²) in [5.74, 6) is 0.514. The summed E-state index contributed by atoms with van der Waals surface area (Å²) in [6, 6.07) is 18.5. The fourth-order valence-electron chi connectivity index (χ4n) is 2.96. The molecule has 0 bridgehead atoms. The van der Waals surface area contributed by atoms with Gasteiger partial charge in [-0.1, -0.05) is 12.1 Å². The maximum atomic E-state index is 13.0. The third-order valence-electron chi connectivity index (χ3n) is 4.45. The average Bonchev–Trinajstić information content (AvgIpc) is 2.69. The predicted molar refractivity (Wildman–Crippen MR) is 112 cm³/mol. The van der Waals surface area contributed by atoms with Gasteiger partial charge in [-0.2, -0.15) is 0 Å². The molecule has 0 spiro atoms. The Labute approximate surface area is 165 Å². The minimum Gasteiger partial charge on any atom is -0.340 e. The van der Waals surface area contributed by atoms with Crippen LogP contribution in [0.15, 0.2) is 66.9 Å². The standard InChI is InChI=1S/C23H23N3O2/c1-4-26(21-7-5-6-16(2)14-21)23(28)19-12-13-24-22(15-19)25-20-10-8-18(9-11-20)17(3)27/h5-15H,4H2,1-3H3,(H,24,25). The van der Waals surface area contributed by atoms with Gasteiger partial charge in [0.25, 0.3) is 5.91 Å². The molecule has 0 unspecified atom stereocenters. The van der Waals surface area contributed by atoms with Crippen molar-refractivity contribution in [2.24, 2.45) is 0 Å². The molecule has 0 atom stereocenters. The summed E-state index contributed by atoms with van der Waals surface area (Å²) in [4.78, 5) is 30.5. The number of carbonyl (C=O) groups excluding carboxylic acids is 2. The molecule has 28 heavy (non-hydrogen) atoms. The van der Waals surface area contributed by atoms with Crippen LogP contribution in [0.2, 0.25) is 0 Å². The Morgan fingerprint density at radius 3 is 2.39 bits per heavy atom. The smallest absolute Gasteiger partial charge is 0.258 e. The molecule has 3 aromatic rings. The number of aryl methyl sites for hydroxylation is 1. The van der Waals surface area contributed by atoms with Crippen LogP contribution in [0.3, 0.4) is 0 Å². The minimum absolute atomic E-state index is 0.0214. The van der Waals surface area contributed by atoms with Crippen LogP contribution < -0.4 is 10.2 Å². The molecular weight excluding hydrogens is 350 g/mol.